The summed E-state index contributed by atoms with van der Waals surface area (Å²) in [6.45, 7) is 3.81. The van der Waals surface area contributed by atoms with Gasteiger partial charge in [-0.3, -0.25) is 0 Å². The van der Waals surface area contributed by atoms with Crippen molar-refractivity contribution in [1.29, 1.82) is 0 Å². The lowest BCUT2D eigenvalue weighted by atomic mass is 9.55. The minimum absolute atomic E-state index is 0.439. The fourth-order valence-corrected chi connectivity index (χ4v) is 6.78. The SMILES string of the molecule is CN(C)CCCCC/C=C1\CCC2C3CCc4cc(O)ccc4C3CCC12C. The minimum Gasteiger partial charge on any atom is -0.508 e. The number of aryl methyl sites for hydroxylation is 1. The Labute approximate surface area is 172 Å². The van der Waals surface area contributed by atoms with E-state index in [0.29, 0.717) is 11.2 Å². The molecule has 0 saturated heterocycles. The molecule has 0 amide bonds. The van der Waals surface area contributed by atoms with E-state index < -0.39 is 0 Å². The summed E-state index contributed by atoms with van der Waals surface area (Å²) in [4.78, 5) is 2.29. The van der Waals surface area contributed by atoms with Gasteiger partial charge in [0.1, 0.15) is 5.75 Å². The number of phenolic OH excluding ortho intramolecular Hbond substituents is 1. The number of allylic oxidation sites excluding steroid dienone is 2. The lowest BCUT2D eigenvalue weighted by molar-refractivity contribution is 0.0812. The maximum Gasteiger partial charge on any atom is 0.115 e. The molecule has 0 aromatic heterocycles. The molecule has 4 rings (SSSR count). The van der Waals surface area contributed by atoms with Crippen LogP contribution in [0, 0.1) is 17.3 Å². The maximum atomic E-state index is 9.86. The van der Waals surface area contributed by atoms with Crippen molar-refractivity contribution >= 4 is 0 Å². The van der Waals surface area contributed by atoms with Gasteiger partial charge in [-0.05, 0) is 125 Å². The number of hydrogen-bond acceptors (Lipinski definition) is 2. The van der Waals surface area contributed by atoms with Crippen LogP contribution in [0.5, 0.6) is 5.75 Å². The molecule has 3 aliphatic carbocycles. The molecule has 1 aromatic rings. The summed E-state index contributed by atoms with van der Waals surface area (Å²) in [6, 6.07) is 6.16. The summed E-state index contributed by atoms with van der Waals surface area (Å²) in [5, 5.41) is 9.86. The Kier molecular flexibility index (Phi) is 5.88. The first kappa shape index (κ1) is 20.0. The van der Waals surface area contributed by atoms with E-state index in [1.165, 1.54) is 69.9 Å². The summed E-state index contributed by atoms with van der Waals surface area (Å²) in [5.74, 6) is 2.89. The largest absolute Gasteiger partial charge is 0.508 e. The lowest BCUT2D eigenvalue weighted by Gasteiger charge is -2.49. The Morgan fingerprint density at radius 3 is 2.79 bits per heavy atom. The summed E-state index contributed by atoms with van der Waals surface area (Å²) in [7, 11) is 4.34. The van der Waals surface area contributed by atoms with Crippen molar-refractivity contribution in [3.63, 3.8) is 0 Å². The Morgan fingerprint density at radius 1 is 1.11 bits per heavy atom. The third-order valence-electron chi connectivity index (χ3n) is 8.26. The number of phenols is 1. The highest BCUT2D eigenvalue weighted by Crippen LogP contribution is 2.62. The van der Waals surface area contributed by atoms with E-state index in [4.69, 9.17) is 0 Å². The van der Waals surface area contributed by atoms with Crippen LogP contribution < -0.4 is 0 Å². The van der Waals surface area contributed by atoms with Gasteiger partial charge in [0, 0.05) is 0 Å². The van der Waals surface area contributed by atoms with Gasteiger partial charge in [0.25, 0.3) is 0 Å². The molecule has 2 heteroatoms. The molecule has 2 fully saturated rings. The molecule has 4 atom stereocenters. The molecule has 4 unspecified atom stereocenters. The molecule has 0 aliphatic heterocycles. The normalized spacial score (nSPS) is 33.0. The predicted octanol–water partition coefficient (Wildman–Crippen LogP) is 6.30. The second-order valence-electron chi connectivity index (χ2n) is 10.2. The summed E-state index contributed by atoms with van der Waals surface area (Å²) in [6.07, 6.45) is 15.9. The zero-order valence-electron chi connectivity index (χ0n) is 18.2. The summed E-state index contributed by atoms with van der Waals surface area (Å²) >= 11 is 0. The number of aromatic hydroxyl groups is 1. The van der Waals surface area contributed by atoms with Gasteiger partial charge >= 0.3 is 0 Å². The third-order valence-corrected chi connectivity index (χ3v) is 8.26. The first-order valence-corrected chi connectivity index (χ1v) is 11.6. The van der Waals surface area contributed by atoms with E-state index in [0.717, 1.165) is 24.2 Å². The van der Waals surface area contributed by atoms with E-state index in [9.17, 15) is 5.11 Å². The molecule has 1 N–H and O–H groups in total. The van der Waals surface area contributed by atoms with Gasteiger partial charge in [-0.2, -0.15) is 0 Å². The topological polar surface area (TPSA) is 23.5 Å². The van der Waals surface area contributed by atoms with E-state index in [1.807, 2.05) is 12.1 Å². The lowest BCUT2D eigenvalue weighted by Crippen LogP contribution is -2.40. The van der Waals surface area contributed by atoms with Crippen molar-refractivity contribution < 1.29 is 5.11 Å². The summed E-state index contributed by atoms with van der Waals surface area (Å²) < 4.78 is 0. The quantitative estimate of drug-likeness (QED) is 0.462. The van der Waals surface area contributed by atoms with Crippen LogP contribution in [0.3, 0.4) is 0 Å². The number of hydrogen-bond donors (Lipinski definition) is 1. The van der Waals surface area contributed by atoms with Crippen LogP contribution in [0.1, 0.15) is 81.8 Å². The molecule has 1 aromatic carbocycles. The molecule has 0 spiro atoms. The van der Waals surface area contributed by atoms with Gasteiger partial charge in [0.05, 0.1) is 0 Å². The van der Waals surface area contributed by atoms with Crippen LogP contribution >= 0.6 is 0 Å². The van der Waals surface area contributed by atoms with Gasteiger partial charge in [0.15, 0.2) is 0 Å². The van der Waals surface area contributed by atoms with Crippen molar-refractivity contribution in [1.82, 2.24) is 4.90 Å². The van der Waals surface area contributed by atoms with Crippen molar-refractivity contribution in [2.24, 2.45) is 17.3 Å². The second-order valence-corrected chi connectivity index (χ2v) is 10.2. The fourth-order valence-electron chi connectivity index (χ4n) is 6.78. The van der Waals surface area contributed by atoms with Crippen molar-refractivity contribution in [2.45, 2.75) is 77.0 Å². The smallest absolute Gasteiger partial charge is 0.115 e. The Hall–Kier alpha value is -1.28. The number of rotatable bonds is 6. The minimum atomic E-state index is 0.439. The van der Waals surface area contributed by atoms with Gasteiger partial charge in [-0.1, -0.05) is 31.1 Å². The Morgan fingerprint density at radius 2 is 1.96 bits per heavy atom. The predicted molar refractivity (Wildman–Crippen MR) is 118 cm³/mol. The third kappa shape index (κ3) is 3.77. The number of unbranched alkanes of at least 4 members (excludes halogenated alkanes) is 3. The molecule has 0 radical (unpaired) electrons. The van der Waals surface area contributed by atoms with Crippen LogP contribution in [-0.4, -0.2) is 30.6 Å². The number of nitrogens with zero attached hydrogens (tertiary/aromatic N) is 1. The molecule has 3 aliphatic rings. The van der Waals surface area contributed by atoms with E-state index in [1.54, 1.807) is 11.1 Å². The van der Waals surface area contributed by atoms with Crippen LogP contribution in [0.4, 0.5) is 0 Å². The van der Waals surface area contributed by atoms with Gasteiger partial charge in [-0.15, -0.1) is 0 Å². The Balaban J connectivity index is 1.41. The molecule has 0 heterocycles. The highest BCUT2D eigenvalue weighted by Gasteiger charge is 2.52. The zero-order valence-corrected chi connectivity index (χ0v) is 18.2. The van der Waals surface area contributed by atoms with E-state index >= 15 is 0 Å². The molecular weight excluding hydrogens is 342 g/mol. The monoisotopic (exact) mass is 381 g/mol. The Bertz CT molecular complexity index is 721. The number of fused-ring (bicyclic) bond motifs is 5. The standard InChI is InChI=1S/C26H39NO/c1-26-16-15-23-22-13-11-21(28)18-19(22)9-12-24(23)25(26)14-10-20(26)8-6-4-5-7-17-27(2)3/h8,11,13,18,23-25,28H,4-7,9-10,12,14-17H2,1-3H3/b20-8+. The van der Waals surface area contributed by atoms with Crippen LogP contribution in [0.15, 0.2) is 29.8 Å². The average Bonchev–Trinajstić information content (AvgIpc) is 3.00. The van der Waals surface area contributed by atoms with Gasteiger partial charge in [-0.25, -0.2) is 0 Å². The molecule has 2 saturated carbocycles. The van der Waals surface area contributed by atoms with Crippen LogP contribution in [0.25, 0.3) is 0 Å². The van der Waals surface area contributed by atoms with Crippen molar-refractivity contribution in [3.05, 3.63) is 41.0 Å². The highest BCUT2D eigenvalue weighted by atomic mass is 16.3. The van der Waals surface area contributed by atoms with Crippen molar-refractivity contribution in [3.8, 4) is 5.75 Å². The fraction of sp³-hybridized carbons (Fsp3) is 0.692. The van der Waals surface area contributed by atoms with Gasteiger partial charge in [0.2, 0.25) is 0 Å². The first-order chi connectivity index (χ1) is 13.5. The first-order valence-electron chi connectivity index (χ1n) is 11.6. The number of benzene rings is 1. The van der Waals surface area contributed by atoms with E-state index in [2.05, 4.69) is 38.1 Å². The molecule has 28 heavy (non-hydrogen) atoms. The van der Waals surface area contributed by atoms with Crippen LogP contribution in [0.2, 0.25) is 0 Å². The van der Waals surface area contributed by atoms with E-state index in [-0.39, 0.29) is 0 Å². The zero-order chi connectivity index (χ0) is 19.7. The maximum absolute atomic E-state index is 9.86. The highest BCUT2D eigenvalue weighted by molar-refractivity contribution is 5.40. The molecule has 154 valence electrons. The molecule has 0 bridgehead atoms. The second kappa shape index (κ2) is 8.22. The van der Waals surface area contributed by atoms with Gasteiger partial charge < -0.3 is 10.0 Å². The van der Waals surface area contributed by atoms with Crippen molar-refractivity contribution in [2.75, 3.05) is 20.6 Å². The van der Waals surface area contributed by atoms with Crippen LogP contribution in [-0.2, 0) is 6.42 Å². The average molecular weight is 382 g/mol. The molecular formula is C26H39NO. The summed E-state index contributed by atoms with van der Waals surface area (Å²) in [5.41, 5.74) is 5.21. The molecule has 2 nitrogen and oxygen atoms in total.